The molecule has 0 amide bonds. The molecule has 18 heavy (non-hydrogen) atoms. The van der Waals surface area contributed by atoms with Crippen LogP contribution in [-0.4, -0.2) is 18.3 Å². The van der Waals surface area contributed by atoms with Crippen LogP contribution in [0.15, 0.2) is 18.2 Å². The van der Waals surface area contributed by atoms with Gasteiger partial charge in [-0.2, -0.15) is 13.2 Å². The SMILES string of the molecule is CCOc1ccc(C(F)(F)F)c(C(=O)CCCl)c1. The summed E-state index contributed by atoms with van der Waals surface area (Å²) in [5.41, 5.74) is -1.35. The van der Waals surface area contributed by atoms with E-state index >= 15 is 0 Å². The highest BCUT2D eigenvalue weighted by Gasteiger charge is 2.35. The number of carbonyl (C=O) groups excluding carboxylic acids is 1. The van der Waals surface area contributed by atoms with Gasteiger partial charge in [-0.15, -0.1) is 11.6 Å². The quantitative estimate of drug-likeness (QED) is 0.604. The number of ether oxygens (including phenoxy) is 1. The minimum atomic E-state index is -4.57. The lowest BCUT2D eigenvalue weighted by Gasteiger charge is -2.13. The lowest BCUT2D eigenvalue weighted by molar-refractivity contribution is -0.137. The molecule has 0 fully saturated rings. The van der Waals surface area contributed by atoms with E-state index < -0.39 is 23.1 Å². The monoisotopic (exact) mass is 280 g/mol. The Morgan fingerprint density at radius 3 is 2.56 bits per heavy atom. The van der Waals surface area contributed by atoms with Crippen LogP contribution in [0, 0.1) is 0 Å². The van der Waals surface area contributed by atoms with Gasteiger partial charge in [0.05, 0.1) is 12.2 Å². The summed E-state index contributed by atoms with van der Waals surface area (Å²) < 4.78 is 43.3. The number of benzene rings is 1. The topological polar surface area (TPSA) is 26.3 Å². The van der Waals surface area contributed by atoms with Crippen LogP contribution >= 0.6 is 11.6 Å². The van der Waals surface area contributed by atoms with Crippen LogP contribution in [0.3, 0.4) is 0 Å². The van der Waals surface area contributed by atoms with Gasteiger partial charge < -0.3 is 4.74 Å². The summed E-state index contributed by atoms with van der Waals surface area (Å²) in [6.45, 7) is 2.02. The molecule has 0 radical (unpaired) electrons. The maximum Gasteiger partial charge on any atom is 0.417 e. The molecule has 0 atom stereocenters. The first-order valence-electron chi connectivity index (χ1n) is 5.33. The molecule has 0 N–H and O–H groups in total. The van der Waals surface area contributed by atoms with Gasteiger partial charge in [0, 0.05) is 17.9 Å². The largest absolute Gasteiger partial charge is 0.494 e. The molecule has 0 unspecified atom stereocenters. The van der Waals surface area contributed by atoms with E-state index in [0.29, 0.717) is 6.61 Å². The number of hydrogen-bond donors (Lipinski definition) is 0. The third-order valence-electron chi connectivity index (χ3n) is 2.23. The first kappa shape index (κ1) is 14.8. The van der Waals surface area contributed by atoms with Crippen LogP contribution in [0.1, 0.15) is 29.3 Å². The molecule has 0 spiro atoms. The molecule has 0 heterocycles. The average molecular weight is 281 g/mol. The number of halogens is 4. The summed E-state index contributed by atoms with van der Waals surface area (Å²) >= 11 is 5.38. The Morgan fingerprint density at radius 1 is 1.39 bits per heavy atom. The molecule has 6 heteroatoms. The summed E-state index contributed by atoms with van der Waals surface area (Å²) in [7, 11) is 0. The standard InChI is InChI=1S/C12H12ClF3O2/c1-2-18-8-3-4-10(12(14,15)16)9(7-8)11(17)5-6-13/h3-4,7H,2,5-6H2,1H3. The van der Waals surface area contributed by atoms with Crippen molar-refractivity contribution in [3.63, 3.8) is 0 Å². The Morgan fingerprint density at radius 2 is 2.06 bits per heavy atom. The summed E-state index contributed by atoms with van der Waals surface area (Å²) in [6.07, 6.45) is -4.71. The Labute approximate surface area is 108 Å². The van der Waals surface area contributed by atoms with Gasteiger partial charge in [0.2, 0.25) is 0 Å². The van der Waals surface area contributed by atoms with E-state index in [1.54, 1.807) is 6.92 Å². The van der Waals surface area contributed by atoms with Crippen LogP contribution in [0.4, 0.5) is 13.2 Å². The van der Waals surface area contributed by atoms with Crippen molar-refractivity contribution in [1.29, 1.82) is 0 Å². The van der Waals surface area contributed by atoms with Crippen LogP contribution < -0.4 is 4.74 Å². The Hall–Kier alpha value is -1.23. The van der Waals surface area contributed by atoms with Gasteiger partial charge in [0.25, 0.3) is 0 Å². The molecule has 1 aromatic carbocycles. The Balaban J connectivity index is 3.22. The lowest BCUT2D eigenvalue weighted by atomic mass is 10.0. The second kappa shape index (κ2) is 6.09. The molecule has 0 saturated carbocycles. The van der Waals surface area contributed by atoms with Crippen molar-refractivity contribution in [3.8, 4) is 5.75 Å². The summed E-state index contributed by atoms with van der Waals surface area (Å²) in [4.78, 5) is 11.6. The lowest BCUT2D eigenvalue weighted by Crippen LogP contribution is -2.13. The molecule has 0 aliphatic carbocycles. The van der Waals surface area contributed by atoms with Crippen molar-refractivity contribution in [3.05, 3.63) is 29.3 Å². The molecular weight excluding hydrogens is 269 g/mol. The minimum Gasteiger partial charge on any atom is -0.494 e. The first-order valence-corrected chi connectivity index (χ1v) is 5.86. The fourth-order valence-corrected chi connectivity index (χ4v) is 1.65. The first-order chi connectivity index (χ1) is 8.40. The van der Waals surface area contributed by atoms with Crippen LogP contribution in [0.25, 0.3) is 0 Å². The van der Waals surface area contributed by atoms with Gasteiger partial charge in [-0.05, 0) is 25.1 Å². The zero-order valence-electron chi connectivity index (χ0n) is 9.68. The van der Waals surface area contributed by atoms with Crippen molar-refractivity contribution >= 4 is 17.4 Å². The highest BCUT2D eigenvalue weighted by molar-refractivity contribution is 6.19. The van der Waals surface area contributed by atoms with E-state index in [9.17, 15) is 18.0 Å². The molecule has 0 aromatic heterocycles. The van der Waals surface area contributed by atoms with E-state index in [1.807, 2.05) is 0 Å². The van der Waals surface area contributed by atoms with Gasteiger partial charge in [-0.3, -0.25) is 4.79 Å². The molecular formula is C12H12ClF3O2. The van der Waals surface area contributed by atoms with Crippen LogP contribution in [-0.2, 0) is 6.18 Å². The van der Waals surface area contributed by atoms with Crippen molar-refractivity contribution in [1.82, 2.24) is 0 Å². The van der Waals surface area contributed by atoms with Crippen molar-refractivity contribution in [2.75, 3.05) is 12.5 Å². The van der Waals surface area contributed by atoms with Crippen molar-refractivity contribution < 1.29 is 22.7 Å². The van der Waals surface area contributed by atoms with E-state index in [2.05, 4.69) is 0 Å². The Kier molecular flexibility index (Phi) is 5.02. The molecule has 0 bridgehead atoms. The van der Waals surface area contributed by atoms with Gasteiger partial charge in [-0.1, -0.05) is 0 Å². The number of alkyl halides is 4. The number of Topliss-reactive ketones (excluding diaryl/α,β-unsaturated/α-hetero) is 1. The second-order valence-electron chi connectivity index (χ2n) is 3.50. The normalized spacial score (nSPS) is 11.4. The number of carbonyl (C=O) groups is 1. The smallest absolute Gasteiger partial charge is 0.417 e. The highest BCUT2D eigenvalue weighted by atomic mass is 35.5. The predicted molar refractivity (Wildman–Crippen MR) is 62.3 cm³/mol. The fraction of sp³-hybridized carbons (Fsp3) is 0.417. The van der Waals surface area contributed by atoms with E-state index in [4.69, 9.17) is 16.3 Å². The average Bonchev–Trinajstić information content (AvgIpc) is 2.28. The molecule has 1 aromatic rings. The number of hydrogen-bond acceptors (Lipinski definition) is 2. The molecule has 0 aliphatic rings. The molecule has 0 aliphatic heterocycles. The fourth-order valence-electron chi connectivity index (χ4n) is 1.48. The second-order valence-corrected chi connectivity index (χ2v) is 3.88. The summed E-state index contributed by atoms with van der Waals surface area (Å²) in [6, 6.07) is 3.16. The van der Waals surface area contributed by atoms with Crippen molar-refractivity contribution in [2.45, 2.75) is 19.5 Å². The highest BCUT2D eigenvalue weighted by Crippen LogP contribution is 2.34. The van der Waals surface area contributed by atoms with E-state index in [0.717, 1.165) is 12.1 Å². The third kappa shape index (κ3) is 3.63. The third-order valence-corrected chi connectivity index (χ3v) is 2.42. The molecule has 2 nitrogen and oxygen atoms in total. The zero-order chi connectivity index (χ0) is 13.8. The molecule has 1 rings (SSSR count). The van der Waals surface area contributed by atoms with Crippen LogP contribution in [0.2, 0.25) is 0 Å². The minimum absolute atomic E-state index is 0.0189. The maximum atomic E-state index is 12.7. The summed E-state index contributed by atoms with van der Waals surface area (Å²) in [5, 5.41) is 0. The predicted octanol–water partition coefficient (Wildman–Crippen LogP) is 3.92. The molecule has 100 valence electrons. The summed E-state index contributed by atoms with van der Waals surface area (Å²) in [5.74, 6) is -0.420. The van der Waals surface area contributed by atoms with Gasteiger partial charge >= 0.3 is 6.18 Å². The molecule has 0 saturated heterocycles. The van der Waals surface area contributed by atoms with Gasteiger partial charge in [0.15, 0.2) is 5.78 Å². The van der Waals surface area contributed by atoms with Gasteiger partial charge in [-0.25, -0.2) is 0 Å². The number of ketones is 1. The maximum absolute atomic E-state index is 12.7. The Bertz CT molecular complexity index is 430. The number of rotatable bonds is 5. The van der Waals surface area contributed by atoms with E-state index in [1.165, 1.54) is 6.07 Å². The van der Waals surface area contributed by atoms with E-state index in [-0.39, 0.29) is 18.1 Å². The van der Waals surface area contributed by atoms with Crippen molar-refractivity contribution in [2.24, 2.45) is 0 Å². The van der Waals surface area contributed by atoms with Gasteiger partial charge in [0.1, 0.15) is 5.75 Å². The zero-order valence-corrected chi connectivity index (χ0v) is 10.4. The van der Waals surface area contributed by atoms with Crippen LogP contribution in [0.5, 0.6) is 5.75 Å².